The zero-order valence-corrected chi connectivity index (χ0v) is 12.7. The minimum Gasteiger partial charge on any atom is -0.368 e. The first kappa shape index (κ1) is 18.2. The maximum Gasteiger partial charge on any atom is 0.251 e. The lowest BCUT2D eigenvalue weighted by atomic mass is 10.1. The van der Waals surface area contributed by atoms with Crippen molar-refractivity contribution in [3.05, 3.63) is 35.9 Å². The Bertz CT molecular complexity index is 581. The highest BCUT2D eigenvalue weighted by Crippen LogP contribution is 2.03. The third-order valence-electron chi connectivity index (χ3n) is 3.16. The summed E-state index contributed by atoms with van der Waals surface area (Å²) in [6.45, 7) is -0.240. The molecule has 3 amide bonds. The number of hydrogen-bond acceptors (Lipinski definition) is 4. The van der Waals surface area contributed by atoms with E-state index in [0.717, 1.165) is 0 Å². The first-order chi connectivity index (χ1) is 11.0. The van der Waals surface area contributed by atoms with Gasteiger partial charge in [0.05, 0.1) is 12.6 Å². The van der Waals surface area contributed by atoms with E-state index in [1.54, 1.807) is 30.3 Å². The van der Waals surface area contributed by atoms with E-state index in [-0.39, 0.29) is 12.5 Å². The zero-order chi connectivity index (χ0) is 17.1. The first-order valence-electron chi connectivity index (χ1n) is 7.33. The molecule has 0 fully saturated rings. The van der Waals surface area contributed by atoms with Gasteiger partial charge in [0.15, 0.2) is 0 Å². The monoisotopic (exact) mass is 316 g/mol. The third-order valence-corrected chi connectivity index (χ3v) is 3.16. The molecule has 0 spiro atoms. The van der Waals surface area contributed by atoms with E-state index in [2.05, 4.69) is 10.6 Å². The highest BCUT2D eigenvalue weighted by atomic mass is 16.2. The summed E-state index contributed by atoms with van der Waals surface area (Å²) < 4.78 is 0. The van der Waals surface area contributed by atoms with Gasteiger partial charge in [-0.2, -0.15) is 5.26 Å². The topological polar surface area (TPSA) is 125 Å². The molecule has 7 heteroatoms. The number of carbonyl (C=O) groups is 3. The van der Waals surface area contributed by atoms with E-state index in [9.17, 15) is 14.4 Å². The van der Waals surface area contributed by atoms with Crippen LogP contribution >= 0.6 is 0 Å². The number of primary amides is 1. The molecule has 4 N–H and O–H groups in total. The molecule has 1 aromatic carbocycles. The molecule has 0 aromatic heterocycles. The number of rotatable bonds is 9. The number of carbonyl (C=O) groups excluding carboxylic acids is 3. The Morgan fingerprint density at radius 2 is 1.87 bits per heavy atom. The highest BCUT2D eigenvalue weighted by Gasteiger charge is 2.18. The molecular weight excluding hydrogens is 296 g/mol. The quantitative estimate of drug-likeness (QED) is 0.573. The molecule has 7 nitrogen and oxygen atoms in total. The van der Waals surface area contributed by atoms with Crippen LogP contribution in [0.15, 0.2) is 30.3 Å². The summed E-state index contributed by atoms with van der Waals surface area (Å²) in [6, 6.07) is 9.71. The van der Waals surface area contributed by atoms with Crippen LogP contribution in [0.4, 0.5) is 0 Å². The highest BCUT2D eigenvalue weighted by molar-refractivity contribution is 5.97. The number of nitriles is 1. The van der Waals surface area contributed by atoms with Crippen molar-refractivity contribution in [3.63, 3.8) is 0 Å². The van der Waals surface area contributed by atoms with Gasteiger partial charge in [0.1, 0.15) is 6.04 Å². The fourth-order valence-corrected chi connectivity index (χ4v) is 1.94. The van der Waals surface area contributed by atoms with Crippen molar-refractivity contribution in [1.82, 2.24) is 10.6 Å². The predicted octanol–water partition coefficient (Wildman–Crippen LogP) is 0.470. The van der Waals surface area contributed by atoms with Crippen LogP contribution in [0.25, 0.3) is 0 Å². The molecule has 0 aliphatic carbocycles. The summed E-state index contributed by atoms with van der Waals surface area (Å²) in [7, 11) is 0. The molecule has 0 unspecified atom stereocenters. The number of unbranched alkanes of at least 4 members (excludes halogenated alkanes) is 2. The van der Waals surface area contributed by atoms with Gasteiger partial charge in [-0.1, -0.05) is 18.2 Å². The fraction of sp³-hybridized carbons (Fsp3) is 0.375. The Balaban J connectivity index is 2.39. The lowest BCUT2D eigenvalue weighted by Gasteiger charge is -2.15. The largest absolute Gasteiger partial charge is 0.368 e. The lowest BCUT2D eigenvalue weighted by molar-refractivity contribution is -0.126. The van der Waals surface area contributed by atoms with Crippen LogP contribution in [0.5, 0.6) is 0 Å². The second kappa shape index (κ2) is 9.95. The molecule has 0 saturated carbocycles. The number of nitrogens with two attached hydrogens (primary N) is 1. The van der Waals surface area contributed by atoms with Gasteiger partial charge >= 0.3 is 0 Å². The molecule has 23 heavy (non-hydrogen) atoms. The number of hydrogen-bond donors (Lipinski definition) is 3. The third kappa shape index (κ3) is 7.09. The van der Waals surface area contributed by atoms with Crippen molar-refractivity contribution in [2.75, 3.05) is 6.54 Å². The summed E-state index contributed by atoms with van der Waals surface area (Å²) in [5, 5.41) is 13.4. The summed E-state index contributed by atoms with van der Waals surface area (Å²) in [5.74, 6) is -1.49. The van der Waals surface area contributed by atoms with E-state index in [1.807, 2.05) is 6.07 Å². The van der Waals surface area contributed by atoms with Gasteiger partial charge in [-0.3, -0.25) is 14.4 Å². The smallest absolute Gasteiger partial charge is 0.251 e. The maximum atomic E-state index is 11.8. The van der Waals surface area contributed by atoms with Crippen LogP contribution in [0.1, 0.15) is 36.0 Å². The zero-order valence-electron chi connectivity index (χ0n) is 12.7. The molecule has 1 atom stereocenters. The van der Waals surface area contributed by atoms with Gasteiger partial charge in [0.25, 0.3) is 5.91 Å². The van der Waals surface area contributed by atoms with Crippen molar-refractivity contribution in [2.45, 2.75) is 31.7 Å². The molecule has 1 rings (SSSR count). The van der Waals surface area contributed by atoms with Gasteiger partial charge in [-0.15, -0.1) is 0 Å². The summed E-state index contributed by atoms with van der Waals surface area (Å²) in [5.41, 5.74) is 5.69. The molecule has 0 aliphatic rings. The Morgan fingerprint density at radius 3 is 2.48 bits per heavy atom. The van der Waals surface area contributed by atoms with Crippen LogP contribution in [0, 0.1) is 11.3 Å². The molecule has 0 saturated heterocycles. The van der Waals surface area contributed by atoms with Crippen LogP contribution in [-0.2, 0) is 9.59 Å². The van der Waals surface area contributed by atoms with E-state index >= 15 is 0 Å². The predicted molar refractivity (Wildman–Crippen MR) is 84.0 cm³/mol. The van der Waals surface area contributed by atoms with Crippen molar-refractivity contribution in [3.8, 4) is 6.07 Å². The van der Waals surface area contributed by atoms with Crippen LogP contribution in [-0.4, -0.2) is 30.3 Å². The van der Waals surface area contributed by atoms with E-state index < -0.39 is 17.9 Å². The molecule has 0 bridgehead atoms. The number of nitrogens with one attached hydrogen (secondary N) is 2. The Labute approximate surface area is 134 Å². The first-order valence-corrected chi connectivity index (χ1v) is 7.33. The van der Waals surface area contributed by atoms with E-state index in [0.29, 0.717) is 31.2 Å². The van der Waals surface area contributed by atoms with Crippen molar-refractivity contribution in [1.29, 1.82) is 5.26 Å². The van der Waals surface area contributed by atoms with E-state index in [1.165, 1.54) is 0 Å². The van der Waals surface area contributed by atoms with Gasteiger partial charge < -0.3 is 16.4 Å². The number of benzene rings is 1. The molecule has 0 aliphatic heterocycles. The fourth-order valence-electron chi connectivity index (χ4n) is 1.94. The summed E-state index contributed by atoms with van der Waals surface area (Å²) in [4.78, 5) is 34.9. The lowest BCUT2D eigenvalue weighted by Crippen LogP contribution is -2.47. The van der Waals surface area contributed by atoms with Gasteiger partial charge in [0, 0.05) is 12.0 Å². The van der Waals surface area contributed by atoms with Crippen LogP contribution in [0.2, 0.25) is 0 Å². The summed E-state index contributed by atoms with van der Waals surface area (Å²) >= 11 is 0. The van der Waals surface area contributed by atoms with Gasteiger partial charge in [-0.05, 0) is 31.4 Å². The minimum atomic E-state index is -0.796. The Morgan fingerprint density at radius 1 is 1.17 bits per heavy atom. The Kier molecular flexibility index (Phi) is 7.86. The average molecular weight is 316 g/mol. The SMILES string of the molecule is N#CCCCC[C@@H](NC(=O)CNC(=O)c1ccccc1)C(N)=O. The molecule has 122 valence electrons. The average Bonchev–Trinajstić information content (AvgIpc) is 2.56. The van der Waals surface area contributed by atoms with Crippen molar-refractivity contribution >= 4 is 17.7 Å². The molecule has 1 aromatic rings. The number of nitrogens with zero attached hydrogens (tertiary/aromatic N) is 1. The Hall–Kier alpha value is -2.88. The molecule has 0 heterocycles. The standard InChI is InChI=1S/C16H20N4O3/c17-10-6-2-5-9-13(15(18)22)20-14(21)11-19-16(23)12-7-3-1-4-8-12/h1,3-4,7-8,13H,2,5-6,9,11H2,(H2,18,22)(H,19,23)(H,20,21)/t13-/m1/s1. The van der Waals surface area contributed by atoms with Gasteiger partial charge in [0.2, 0.25) is 11.8 Å². The van der Waals surface area contributed by atoms with Gasteiger partial charge in [-0.25, -0.2) is 0 Å². The number of amides is 3. The normalized spacial score (nSPS) is 11.1. The van der Waals surface area contributed by atoms with Crippen LogP contribution < -0.4 is 16.4 Å². The molecular formula is C16H20N4O3. The van der Waals surface area contributed by atoms with E-state index in [4.69, 9.17) is 11.0 Å². The minimum absolute atomic E-state index is 0.240. The summed E-state index contributed by atoms with van der Waals surface area (Å²) in [6.07, 6.45) is 2.01. The molecule has 0 radical (unpaired) electrons. The maximum absolute atomic E-state index is 11.8. The second-order valence-electron chi connectivity index (χ2n) is 4.98. The van der Waals surface area contributed by atoms with Crippen molar-refractivity contribution in [2.24, 2.45) is 5.73 Å². The van der Waals surface area contributed by atoms with Crippen LogP contribution in [0.3, 0.4) is 0 Å². The van der Waals surface area contributed by atoms with Crippen molar-refractivity contribution < 1.29 is 14.4 Å². The second-order valence-corrected chi connectivity index (χ2v) is 4.98.